The molecule has 0 radical (unpaired) electrons. The lowest BCUT2D eigenvalue weighted by molar-refractivity contribution is 0.622. The molecule has 1 unspecified atom stereocenters. The molecule has 0 aromatic heterocycles. The monoisotopic (exact) mass is 202 g/mol. The van der Waals surface area contributed by atoms with Crippen molar-refractivity contribution in [2.24, 2.45) is 0 Å². The van der Waals surface area contributed by atoms with E-state index in [9.17, 15) is 8.60 Å². The Kier molecular flexibility index (Phi) is 5.55. The summed E-state index contributed by atoms with van der Waals surface area (Å²) in [7, 11) is -1.09. The average Bonchev–Trinajstić information content (AvgIpc) is 2.12. The highest BCUT2D eigenvalue weighted by molar-refractivity contribution is 7.84. The first-order chi connectivity index (χ1) is 6.11. The van der Waals surface area contributed by atoms with Crippen LogP contribution in [0.5, 0.6) is 0 Å². The van der Waals surface area contributed by atoms with Gasteiger partial charge in [-0.25, -0.2) is 4.39 Å². The maximum absolute atomic E-state index is 12.6. The first-order valence-electron chi connectivity index (χ1n) is 4.21. The minimum atomic E-state index is -1.09. The molecule has 1 atom stereocenters. The summed E-state index contributed by atoms with van der Waals surface area (Å²) >= 11 is 0. The highest BCUT2D eigenvalue weighted by Crippen LogP contribution is 2.12. The molecule has 0 bridgehead atoms. The third-order valence-electron chi connectivity index (χ3n) is 1.46. The molecule has 0 heterocycles. The molecule has 0 saturated heterocycles. The van der Waals surface area contributed by atoms with E-state index in [4.69, 9.17) is 0 Å². The average molecular weight is 202 g/mol. The number of hydrogen-bond donors (Lipinski definition) is 0. The quantitative estimate of drug-likeness (QED) is 0.684. The number of aryl methyl sites for hydroxylation is 1. The van der Waals surface area contributed by atoms with Crippen molar-refractivity contribution in [2.75, 3.05) is 6.26 Å². The first-order valence-corrected chi connectivity index (χ1v) is 5.76. The van der Waals surface area contributed by atoms with Crippen molar-refractivity contribution < 1.29 is 8.60 Å². The van der Waals surface area contributed by atoms with E-state index in [1.54, 1.807) is 12.3 Å². The lowest BCUT2D eigenvalue weighted by Gasteiger charge is -2.00. The van der Waals surface area contributed by atoms with Crippen molar-refractivity contribution in [1.82, 2.24) is 0 Å². The summed E-state index contributed by atoms with van der Waals surface area (Å²) in [5.74, 6) is -0.333. The summed E-state index contributed by atoms with van der Waals surface area (Å²) in [5, 5.41) is 0. The van der Waals surface area contributed by atoms with Crippen LogP contribution >= 0.6 is 0 Å². The van der Waals surface area contributed by atoms with Crippen molar-refractivity contribution in [1.29, 1.82) is 0 Å². The van der Waals surface area contributed by atoms with Gasteiger partial charge in [-0.1, -0.05) is 19.9 Å². The summed E-state index contributed by atoms with van der Waals surface area (Å²) in [5.41, 5.74) is 0.868. The van der Waals surface area contributed by atoms with Gasteiger partial charge in [-0.15, -0.1) is 0 Å². The van der Waals surface area contributed by atoms with Gasteiger partial charge < -0.3 is 0 Å². The van der Waals surface area contributed by atoms with Crippen molar-refractivity contribution >= 4 is 10.8 Å². The second-order valence-electron chi connectivity index (χ2n) is 2.36. The minimum absolute atomic E-state index is 0.333. The van der Waals surface area contributed by atoms with Crippen LogP contribution in [0.15, 0.2) is 23.1 Å². The molecule has 0 aliphatic carbocycles. The predicted molar refractivity (Wildman–Crippen MR) is 54.8 cm³/mol. The molecule has 1 nitrogen and oxygen atoms in total. The van der Waals surface area contributed by atoms with Crippen LogP contribution in [0.4, 0.5) is 4.39 Å². The highest BCUT2D eigenvalue weighted by Gasteiger charge is 2.02. The van der Waals surface area contributed by atoms with Crippen molar-refractivity contribution in [2.45, 2.75) is 25.7 Å². The van der Waals surface area contributed by atoms with Crippen LogP contribution in [0, 0.1) is 12.7 Å². The minimum Gasteiger partial charge on any atom is -0.255 e. The van der Waals surface area contributed by atoms with E-state index in [0.717, 1.165) is 5.56 Å². The van der Waals surface area contributed by atoms with Gasteiger partial charge in [0.15, 0.2) is 0 Å². The molecule has 74 valence electrons. The van der Waals surface area contributed by atoms with E-state index in [1.807, 2.05) is 20.8 Å². The summed E-state index contributed by atoms with van der Waals surface area (Å²) < 4.78 is 23.5. The Bertz CT molecular complexity index is 297. The zero-order chi connectivity index (χ0) is 10.4. The van der Waals surface area contributed by atoms with Gasteiger partial charge >= 0.3 is 0 Å². The molecule has 0 amide bonds. The second-order valence-corrected chi connectivity index (χ2v) is 3.71. The van der Waals surface area contributed by atoms with Crippen molar-refractivity contribution in [3.63, 3.8) is 0 Å². The van der Waals surface area contributed by atoms with Crippen LogP contribution in [0.2, 0.25) is 0 Å². The van der Waals surface area contributed by atoms with E-state index >= 15 is 0 Å². The van der Waals surface area contributed by atoms with Gasteiger partial charge in [-0.3, -0.25) is 4.21 Å². The van der Waals surface area contributed by atoms with Crippen molar-refractivity contribution in [3.8, 4) is 0 Å². The Balaban J connectivity index is 0.000000671. The molecule has 3 heteroatoms. The molecule has 1 rings (SSSR count). The van der Waals surface area contributed by atoms with E-state index in [0.29, 0.717) is 4.90 Å². The third kappa shape index (κ3) is 3.68. The van der Waals surface area contributed by atoms with Gasteiger partial charge in [0, 0.05) is 11.2 Å². The molecule has 0 saturated carbocycles. The van der Waals surface area contributed by atoms with Gasteiger partial charge in [-0.05, 0) is 24.6 Å². The number of benzene rings is 1. The summed E-state index contributed by atoms with van der Waals surface area (Å²) in [6.07, 6.45) is 1.54. The zero-order valence-corrected chi connectivity index (χ0v) is 9.24. The number of halogens is 1. The Hall–Kier alpha value is -0.700. The Labute approximate surface area is 81.4 Å². The number of rotatable bonds is 1. The lowest BCUT2D eigenvalue weighted by atomic mass is 10.2. The van der Waals surface area contributed by atoms with E-state index in [-0.39, 0.29) is 5.82 Å². The lowest BCUT2D eigenvalue weighted by Crippen LogP contribution is -1.92. The van der Waals surface area contributed by atoms with Gasteiger partial charge in [0.25, 0.3) is 0 Å². The van der Waals surface area contributed by atoms with Crippen LogP contribution in [-0.2, 0) is 10.8 Å². The van der Waals surface area contributed by atoms with Gasteiger partial charge in [0.2, 0.25) is 0 Å². The molecular formula is C10H15FOS. The van der Waals surface area contributed by atoms with Crippen molar-refractivity contribution in [3.05, 3.63) is 29.6 Å². The molecule has 0 N–H and O–H groups in total. The van der Waals surface area contributed by atoms with Crippen LogP contribution in [0.3, 0.4) is 0 Å². The van der Waals surface area contributed by atoms with Crippen LogP contribution in [0.25, 0.3) is 0 Å². The smallest absolute Gasteiger partial charge is 0.124 e. The summed E-state index contributed by atoms with van der Waals surface area (Å²) in [4.78, 5) is 0.574. The maximum Gasteiger partial charge on any atom is 0.124 e. The Morgan fingerprint density at radius 3 is 2.23 bits per heavy atom. The van der Waals surface area contributed by atoms with Crippen LogP contribution in [0.1, 0.15) is 19.4 Å². The molecule has 1 aromatic rings. The fourth-order valence-electron chi connectivity index (χ4n) is 0.884. The van der Waals surface area contributed by atoms with Gasteiger partial charge in [-0.2, -0.15) is 0 Å². The summed E-state index contributed by atoms with van der Waals surface area (Å²) in [6, 6.07) is 4.31. The molecule has 1 aromatic carbocycles. The van der Waals surface area contributed by atoms with E-state index < -0.39 is 10.8 Å². The van der Waals surface area contributed by atoms with E-state index in [2.05, 4.69) is 0 Å². The van der Waals surface area contributed by atoms with Gasteiger partial charge in [0.1, 0.15) is 5.82 Å². The molecule has 0 aliphatic heterocycles. The maximum atomic E-state index is 12.6. The van der Waals surface area contributed by atoms with E-state index in [1.165, 1.54) is 12.1 Å². The molecule has 0 aliphatic rings. The van der Waals surface area contributed by atoms with Crippen LogP contribution < -0.4 is 0 Å². The summed E-state index contributed by atoms with van der Waals surface area (Å²) in [6.45, 7) is 5.82. The fourth-order valence-corrected chi connectivity index (χ4v) is 1.68. The standard InChI is InChI=1S/C8H9FOS.C2H6/c1-6-3-4-7(9)5-8(6)11(2)10;1-2/h3-5H,1-2H3;1-2H3. The largest absolute Gasteiger partial charge is 0.255 e. The topological polar surface area (TPSA) is 17.1 Å². The third-order valence-corrected chi connectivity index (χ3v) is 2.52. The second kappa shape index (κ2) is 5.86. The predicted octanol–water partition coefficient (Wildman–Crippen LogP) is 2.90. The highest BCUT2D eigenvalue weighted by atomic mass is 32.2. The molecule has 0 spiro atoms. The first kappa shape index (κ1) is 12.3. The zero-order valence-electron chi connectivity index (χ0n) is 8.43. The Morgan fingerprint density at radius 2 is 1.85 bits per heavy atom. The molecular weight excluding hydrogens is 187 g/mol. The SMILES string of the molecule is CC.Cc1ccc(F)cc1S(C)=O. The Morgan fingerprint density at radius 1 is 1.31 bits per heavy atom. The molecule has 13 heavy (non-hydrogen) atoms. The molecule has 0 fully saturated rings. The fraction of sp³-hybridized carbons (Fsp3) is 0.400. The van der Waals surface area contributed by atoms with Gasteiger partial charge in [0.05, 0.1) is 10.8 Å². The normalized spacial score (nSPS) is 11.5. The van der Waals surface area contributed by atoms with Crippen LogP contribution in [-0.4, -0.2) is 10.5 Å². The number of hydrogen-bond acceptors (Lipinski definition) is 1.